The standard InChI is InChI=1S/C32H42N4S2/c1-11-31(17(3)4,18(5)6)25-21-13-23-30(34-16-37-23)36-28(21)26(32(12-2,19(7)8)20(9)10)22-14-24-29(33-15-38-24)35-27(22)25/h13-20H,11-12H2,1-10H3. The van der Waals surface area contributed by atoms with E-state index in [4.69, 9.17) is 19.9 Å². The van der Waals surface area contributed by atoms with E-state index in [-0.39, 0.29) is 10.8 Å². The van der Waals surface area contributed by atoms with Crippen molar-refractivity contribution in [3.8, 4) is 0 Å². The van der Waals surface area contributed by atoms with Crippen molar-refractivity contribution in [2.75, 3.05) is 0 Å². The molecule has 0 fully saturated rings. The second-order valence-electron chi connectivity index (χ2n) is 12.3. The van der Waals surface area contributed by atoms with Crippen LogP contribution in [0.1, 0.15) is 93.2 Å². The van der Waals surface area contributed by atoms with E-state index in [1.807, 2.05) is 11.0 Å². The largest absolute Gasteiger partial charge is 0.227 e. The summed E-state index contributed by atoms with van der Waals surface area (Å²) >= 11 is 3.36. The lowest BCUT2D eigenvalue weighted by atomic mass is 9.58. The summed E-state index contributed by atoms with van der Waals surface area (Å²) in [4.78, 5) is 20.2. The number of hydrogen-bond acceptors (Lipinski definition) is 6. The van der Waals surface area contributed by atoms with Crippen LogP contribution in [0.25, 0.3) is 42.5 Å². The van der Waals surface area contributed by atoms with Gasteiger partial charge in [0, 0.05) is 21.6 Å². The van der Waals surface area contributed by atoms with Crippen LogP contribution in [-0.2, 0) is 10.8 Å². The third-order valence-electron chi connectivity index (χ3n) is 9.88. The van der Waals surface area contributed by atoms with E-state index in [2.05, 4.69) is 81.4 Å². The lowest BCUT2D eigenvalue weighted by Crippen LogP contribution is -2.40. The van der Waals surface area contributed by atoms with E-state index >= 15 is 0 Å². The first kappa shape index (κ1) is 27.4. The molecule has 0 saturated heterocycles. The molecule has 38 heavy (non-hydrogen) atoms. The van der Waals surface area contributed by atoms with Crippen LogP contribution in [0.3, 0.4) is 0 Å². The number of thiazole rings is 2. The summed E-state index contributed by atoms with van der Waals surface area (Å²) in [5.74, 6) is 1.73. The molecule has 4 aromatic heterocycles. The summed E-state index contributed by atoms with van der Waals surface area (Å²) in [6.45, 7) is 23.8. The Morgan fingerprint density at radius 3 is 1.24 bits per heavy atom. The van der Waals surface area contributed by atoms with Crippen molar-refractivity contribution < 1.29 is 0 Å². The van der Waals surface area contributed by atoms with Crippen molar-refractivity contribution in [1.29, 1.82) is 0 Å². The molecule has 6 heteroatoms. The lowest BCUT2D eigenvalue weighted by molar-refractivity contribution is 0.210. The smallest absolute Gasteiger partial charge is 0.170 e. The SMILES string of the molecule is CCC(c1c2cc3scnc3nc2c(C(CC)(C(C)C)C(C)C)c2cc3scnc3nc12)(C(C)C)C(C)C. The number of rotatable bonds is 8. The number of hydrogen-bond donors (Lipinski definition) is 0. The fourth-order valence-electron chi connectivity index (χ4n) is 8.03. The molecule has 202 valence electrons. The third-order valence-corrected chi connectivity index (χ3v) is 11.4. The Balaban J connectivity index is 2.18. The van der Waals surface area contributed by atoms with Gasteiger partial charge in [-0.1, -0.05) is 69.2 Å². The number of pyridine rings is 2. The fourth-order valence-corrected chi connectivity index (χ4v) is 9.34. The van der Waals surface area contributed by atoms with Crippen molar-refractivity contribution in [2.24, 2.45) is 23.7 Å². The second kappa shape index (κ2) is 9.78. The molecule has 4 nitrogen and oxygen atoms in total. The van der Waals surface area contributed by atoms with Crippen LogP contribution in [0.5, 0.6) is 0 Å². The summed E-state index contributed by atoms with van der Waals surface area (Å²) in [7, 11) is 0. The summed E-state index contributed by atoms with van der Waals surface area (Å²) in [6.07, 6.45) is 2.08. The van der Waals surface area contributed by atoms with Gasteiger partial charge in [0.15, 0.2) is 11.3 Å². The minimum absolute atomic E-state index is 0.0592. The molecule has 5 aromatic rings. The molecule has 0 atom stereocenters. The Bertz CT molecular complexity index is 1400. The van der Waals surface area contributed by atoms with Crippen molar-refractivity contribution in [1.82, 2.24) is 19.9 Å². The van der Waals surface area contributed by atoms with E-state index in [1.165, 1.54) is 21.9 Å². The topological polar surface area (TPSA) is 51.6 Å². The molecule has 5 rings (SSSR count). The first-order valence-electron chi connectivity index (χ1n) is 14.3. The van der Waals surface area contributed by atoms with E-state index in [0.717, 1.165) is 44.6 Å². The molecular formula is C32H42N4S2. The van der Waals surface area contributed by atoms with Gasteiger partial charge in [-0.05, 0) is 59.8 Å². The molecule has 0 spiro atoms. The Morgan fingerprint density at radius 1 is 0.605 bits per heavy atom. The lowest BCUT2D eigenvalue weighted by Gasteiger charge is -2.45. The highest BCUT2D eigenvalue weighted by Gasteiger charge is 2.45. The average molecular weight is 547 g/mol. The van der Waals surface area contributed by atoms with Crippen molar-refractivity contribution in [3.63, 3.8) is 0 Å². The van der Waals surface area contributed by atoms with Gasteiger partial charge in [-0.15, -0.1) is 22.7 Å². The molecule has 4 heterocycles. The predicted octanol–water partition coefficient (Wildman–Crippen LogP) is 9.92. The number of fused-ring (bicyclic) bond motifs is 4. The minimum atomic E-state index is -0.0592. The van der Waals surface area contributed by atoms with Gasteiger partial charge in [-0.25, -0.2) is 19.9 Å². The Kier molecular flexibility index (Phi) is 7.05. The zero-order valence-electron chi connectivity index (χ0n) is 24.6. The molecule has 0 aliphatic heterocycles. The Labute approximate surface area is 235 Å². The van der Waals surface area contributed by atoms with Gasteiger partial charge in [-0.2, -0.15) is 0 Å². The van der Waals surface area contributed by atoms with Crippen LogP contribution in [0.15, 0.2) is 23.2 Å². The van der Waals surface area contributed by atoms with Gasteiger partial charge in [0.25, 0.3) is 0 Å². The maximum atomic E-state index is 5.42. The second-order valence-corrected chi connectivity index (χ2v) is 14.0. The van der Waals surface area contributed by atoms with Crippen molar-refractivity contribution in [2.45, 2.75) is 92.9 Å². The van der Waals surface area contributed by atoms with E-state index in [9.17, 15) is 0 Å². The summed E-state index contributed by atoms with van der Waals surface area (Å²) in [5.41, 5.74) is 10.4. The third kappa shape index (κ3) is 3.66. The van der Waals surface area contributed by atoms with Gasteiger partial charge < -0.3 is 0 Å². The van der Waals surface area contributed by atoms with Crippen LogP contribution in [0.4, 0.5) is 0 Å². The number of benzene rings is 1. The van der Waals surface area contributed by atoms with Crippen LogP contribution < -0.4 is 0 Å². The molecule has 0 aliphatic rings. The van der Waals surface area contributed by atoms with Gasteiger partial charge in [0.1, 0.15) is 0 Å². The van der Waals surface area contributed by atoms with Crippen LogP contribution in [0, 0.1) is 23.7 Å². The highest BCUT2D eigenvalue weighted by molar-refractivity contribution is 7.17. The normalized spacial score (nSPS) is 13.6. The molecule has 0 unspecified atom stereocenters. The monoisotopic (exact) mass is 546 g/mol. The maximum absolute atomic E-state index is 5.42. The molecule has 0 bridgehead atoms. The molecule has 0 radical (unpaired) electrons. The van der Waals surface area contributed by atoms with Crippen LogP contribution in [-0.4, -0.2) is 19.9 Å². The molecule has 0 N–H and O–H groups in total. The predicted molar refractivity (Wildman–Crippen MR) is 167 cm³/mol. The van der Waals surface area contributed by atoms with Crippen LogP contribution in [0.2, 0.25) is 0 Å². The van der Waals surface area contributed by atoms with Gasteiger partial charge >= 0.3 is 0 Å². The molecule has 0 aliphatic carbocycles. The quantitative estimate of drug-likeness (QED) is 0.182. The van der Waals surface area contributed by atoms with E-state index in [0.29, 0.717) is 23.7 Å². The Hall–Kier alpha value is -2.18. The zero-order chi connectivity index (χ0) is 27.6. The number of aromatic nitrogens is 4. The molecule has 0 amide bonds. The zero-order valence-corrected chi connectivity index (χ0v) is 26.3. The van der Waals surface area contributed by atoms with E-state index < -0.39 is 0 Å². The molecular weight excluding hydrogens is 505 g/mol. The highest BCUT2D eigenvalue weighted by atomic mass is 32.1. The van der Waals surface area contributed by atoms with E-state index in [1.54, 1.807) is 22.7 Å². The minimum Gasteiger partial charge on any atom is -0.227 e. The molecule has 0 saturated carbocycles. The van der Waals surface area contributed by atoms with Crippen molar-refractivity contribution >= 4 is 65.2 Å². The number of nitrogens with zero attached hydrogens (tertiary/aromatic N) is 4. The van der Waals surface area contributed by atoms with Crippen molar-refractivity contribution in [3.05, 3.63) is 34.3 Å². The molecule has 1 aromatic carbocycles. The van der Waals surface area contributed by atoms with Crippen LogP contribution >= 0.6 is 22.7 Å². The highest BCUT2D eigenvalue weighted by Crippen LogP contribution is 2.54. The first-order valence-corrected chi connectivity index (χ1v) is 16.0. The first-order chi connectivity index (χ1) is 18.0. The average Bonchev–Trinajstić information content (AvgIpc) is 3.51. The van der Waals surface area contributed by atoms with Gasteiger partial charge in [-0.3, -0.25) is 0 Å². The fraction of sp³-hybridized carbons (Fsp3) is 0.562. The summed E-state index contributed by atoms with van der Waals surface area (Å²) in [6, 6.07) is 4.77. The summed E-state index contributed by atoms with van der Waals surface area (Å²) < 4.78 is 2.29. The van der Waals surface area contributed by atoms with Gasteiger partial charge in [0.2, 0.25) is 0 Å². The summed E-state index contributed by atoms with van der Waals surface area (Å²) in [5, 5.41) is 2.52. The Morgan fingerprint density at radius 2 is 0.947 bits per heavy atom. The van der Waals surface area contributed by atoms with Gasteiger partial charge in [0.05, 0.1) is 31.5 Å². The maximum Gasteiger partial charge on any atom is 0.170 e.